The number of hydrogen-bond acceptors (Lipinski definition) is 3. The maximum atomic E-state index is 11.6. The first-order valence-corrected chi connectivity index (χ1v) is 5.73. The molecule has 0 spiro atoms. The zero-order chi connectivity index (χ0) is 13.4. The van der Waals surface area contributed by atoms with Crippen molar-refractivity contribution in [3.8, 4) is 11.8 Å². The van der Waals surface area contributed by atoms with Crippen LogP contribution in [0.2, 0.25) is 0 Å². The van der Waals surface area contributed by atoms with Crippen LogP contribution in [0.3, 0.4) is 0 Å². The van der Waals surface area contributed by atoms with Gasteiger partial charge in [0.2, 0.25) is 0 Å². The van der Waals surface area contributed by atoms with Crippen molar-refractivity contribution in [2.45, 2.75) is 20.0 Å². The zero-order valence-electron chi connectivity index (χ0n) is 10.5. The minimum Gasteiger partial charge on any atom is -0.464 e. The first-order valence-electron chi connectivity index (χ1n) is 5.73. The van der Waals surface area contributed by atoms with Gasteiger partial charge in [-0.05, 0) is 25.5 Å². The molecule has 0 heterocycles. The molecule has 0 fully saturated rings. The maximum Gasteiger partial charge on any atom is 0.339 e. The second-order valence-electron chi connectivity index (χ2n) is 3.51. The molecule has 1 aromatic carbocycles. The molecule has 1 rings (SSSR count). The fourth-order valence-electron chi connectivity index (χ4n) is 1.45. The Hall–Kier alpha value is -2.05. The lowest BCUT2D eigenvalue weighted by molar-refractivity contribution is -0.149. The van der Waals surface area contributed by atoms with E-state index in [0.29, 0.717) is 5.57 Å². The number of rotatable bonds is 4. The van der Waals surface area contributed by atoms with Gasteiger partial charge in [-0.1, -0.05) is 36.3 Å². The summed E-state index contributed by atoms with van der Waals surface area (Å²) in [4.78, 5) is 11.6. The first kappa shape index (κ1) is 14.0. The maximum absolute atomic E-state index is 11.6. The van der Waals surface area contributed by atoms with Gasteiger partial charge in [0, 0.05) is 5.57 Å². The van der Waals surface area contributed by atoms with E-state index >= 15 is 0 Å². The van der Waals surface area contributed by atoms with E-state index in [1.54, 1.807) is 13.8 Å². The molecule has 0 bridgehead atoms. The predicted molar refractivity (Wildman–Crippen MR) is 70.5 cm³/mol. The standard InChI is InChI=1S/C15H16O3/c1-3-5-11-13(12-9-7-6-8-10-12)14(16)15(17)18-4-2/h6-11,14,16H,4H2,1-2H3/b13-11+/t14-/m1/s1. The van der Waals surface area contributed by atoms with E-state index in [2.05, 4.69) is 11.8 Å². The van der Waals surface area contributed by atoms with Gasteiger partial charge in [-0.2, -0.15) is 0 Å². The summed E-state index contributed by atoms with van der Waals surface area (Å²) in [6.07, 6.45) is 0.227. The van der Waals surface area contributed by atoms with Crippen LogP contribution in [0.15, 0.2) is 36.4 Å². The molecule has 0 saturated heterocycles. The van der Waals surface area contributed by atoms with E-state index in [9.17, 15) is 9.90 Å². The third-order valence-corrected chi connectivity index (χ3v) is 2.28. The molecule has 0 amide bonds. The van der Waals surface area contributed by atoms with Crippen LogP contribution in [0, 0.1) is 11.8 Å². The number of carbonyl (C=O) groups excluding carboxylic acids is 1. The van der Waals surface area contributed by atoms with Crippen molar-refractivity contribution in [2.24, 2.45) is 0 Å². The zero-order valence-corrected chi connectivity index (χ0v) is 10.5. The number of ether oxygens (including phenoxy) is 1. The van der Waals surface area contributed by atoms with Crippen LogP contribution in [-0.2, 0) is 9.53 Å². The monoisotopic (exact) mass is 244 g/mol. The molecule has 0 saturated carbocycles. The van der Waals surface area contributed by atoms with E-state index in [-0.39, 0.29) is 6.61 Å². The van der Waals surface area contributed by atoms with Gasteiger partial charge in [0.25, 0.3) is 0 Å². The Balaban J connectivity index is 3.06. The van der Waals surface area contributed by atoms with Crippen molar-refractivity contribution in [1.82, 2.24) is 0 Å². The number of aliphatic hydroxyl groups excluding tert-OH is 1. The molecule has 1 aromatic rings. The summed E-state index contributed by atoms with van der Waals surface area (Å²) in [7, 11) is 0. The van der Waals surface area contributed by atoms with Gasteiger partial charge in [-0.15, -0.1) is 5.92 Å². The molecule has 3 nitrogen and oxygen atoms in total. The first-order chi connectivity index (χ1) is 8.70. The molecular formula is C15H16O3. The van der Waals surface area contributed by atoms with Crippen LogP contribution in [0.1, 0.15) is 19.4 Å². The van der Waals surface area contributed by atoms with Crippen LogP contribution >= 0.6 is 0 Å². The van der Waals surface area contributed by atoms with Crippen LogP contribution in [0.25, 0.3) is 5.57 Å². The molecular weight excluding hydrogens is 228 g/mol. The minimum absolute atomic E-state index is 0.234. The Morgan fingerprint density at radius 3 is 2.67 bits per heavy atom. The molecule has 1 N–H and O–H groups in total. The fourth-order valence-corrected chi connectivity index (χ4v) is 1.45. The van der Waals surface area contributed by atoms with Gasteiger partial charge in [0.1, 0.15) is 0 Å². The van der Waals surface area contributed by atoms with E-state index in [1.807, 2.05) is 30.3 Å². The summed E-state index contributed by atoms with van der Waals surface area (Å²) >= 11 is 0. The molecule has 0 aromatic heterocycles. The Bertz CT molecular complexity index is 477. The molecule has 0 radical (unpaired) electrons. The Labute approximate surface area is 107 Å². The lowest BCUT2D eigenvalue weighted by Crippen LogP contribution is -2.24. The Morgan fingerprint density at radius 2 is 2.11 bits per heavy atom. The number of esters is 1. The van der Waals surface area contributed by atoms with Crippen LogP contribution < -0.4 is 0 Å². The van der Waals surface area contributed by atoms with Crippen molar-refractivity contribution in [3.05, 3.63) is 42.0 Å². The quantitative estimate of drug-likeness (QED) is 0.651. The van der Waals surface area contributed by atoms with Gasteiger partial charge < -0.3 is 9.84 Å². The van der Waals surface area contributed by atoms with Crippen molar-refractivity contribution in [1.29, 1.82) is 0 Å². The largest absolute Gasteiger partial charge is 0.464 e. The van der Waals surface area contributed by atoms with Gasteiger partial charge in [0.15, 0.2) is 6.10 Å². The van der Waals surface area contributed by atoms with E-state index in [1.165, 1.54) is 6.08 Å². The number of benzene rings is 1. The lowest BCUT2D eigenvalue weighted by atomic mass is 10.0. The molecule has 1 atom stereocenters. The van der Waals surface area contributed by atoms with Gasteiger partial charge in [-0.25, -0.2) is 4.79 Å². The number of allylic oxidation sites excluding steroid dienone is 1. The summed E-state index contributed by atoms with van der Waals surface area (Å²) in [5.74, 6) is 4.79. The van der Waals surface area contributed by atoms with Crippen LogP contribution in [0.5, 0.6) is 0 Å². The normalized spacial score (nSPS) is 12.3. The van der Waals surface area contributed by atoms with Gasteiger partial charge in [0.05, 0.1) is 6.61 Å². The molecule has 3 heteroatoms. The highest BCUT2D eigenvalue weighted by atomic mass is 16.5. The van der Waals surface area contributed by atoms with Crippen LogP contribution in [0.4, 0.5) is 0 Å². The smallest absolute Gasteiger partial charge is 0.339 e. The summed E-state index contributed by atoms with van der Waals surface area (Å²) in [5.41, 5.74) is 1.20. The van der Waals surface area contributed by atoms with Crippen LogP contribution in [-0.4, -0.2) is 23.8 Å². The van der Waals surface area contributed by atoms with E-state index in [0.717, 1.165) is 5.56 Å². The molecule has 0 aliphatic rings. The highest BCUT2D eigenvalue weighted by Crippen LogP contribution is 2.19. The van der Waals surface area contributed by atoms with Crippen molar-refractivity contribution in [3.63, 3.8) is 0 Å². The second kappa shape index (κ2) is 7.31. The lowest BCUT2D eigenvalue weighted by Gasteiger charge is -2.13. The predicted octanol–water partition coefficient (Wildman–Crippen LogP) is 2.02. The highest BCUT2D eigenvalue weighted by Gasteiger charge is 2.22. The number of carbonyl (C=O) groups is 1. The average Bonchev–Trinajstić information content (AvgIpc) is 2.40. The van der Waals surface area contributed by atoms with E-state index in [4.69, 9.17) is 4.74 Å². The fraction of sp³-hybridized carbons (Fsp3) is 0.267. The Morgan fingerprint density at radius 1 is 1.44 bits per heavy atom. The molecule has 94 valence electrons. The third-order valence-electron chi connectivity index (χ3n) is 2.28. The second-order valence-corrected chi connectivity index (χ2v) is 3.51. The van der Waals surface area contributed by atoms with E-state index < -0.39 is 12.1 Å². The number of aliphatic hydroxyl groups is 1. The summed E-state index contributed by atoms with van der Waals surface area (Å²) in [5, 5.41) is 9.98. The van der Waals surface area contributed by atoms with Gasteiger partial charge in [-0.3, -0.25) is 0 Å². The molecule has 18 heavy (non-hydrogen) atoms. The third kappa shape index (κ3) is 3.76. The summed E-state index contributed by atoms with van der Waals surface area (Å²) < 4.78 is 4.81. The minimum atomic E-state index is -1.31. The molecule has 0 aliphatic heterocycles. The molecule has 0 unspecified atom stereocenters. The summed E-state index contributed by atoms with van der Waals surface area (Å²) in [6, 6.07) is 9.15. The highest BCUT2D eigenvalue weighted by molar-refractivity contribution is 5.91. The van der Waals surface area contributed by atoms with Crippen molar-refractivity contribution >= 4 is 11.5 Å². The Kier molecular flexibility index (Phi) is 5.69. The topological polar surface area (TPSA) is 46.5 Å². The van der Waals surface area contributed by atoms with Gasteiger partial charge >= 0.3 is 5.97 Å². The summed E-state index contributed by atoms with van der Waals surface area (Å²) in [6.45, 7) is 3.62. The van der Waals surface area contributed by atoms with Crippen molar-refractivity contribution < 1.29 is 14.6 Å². The molecule has 0 aliphatic carbocycles. The SMILES string of the molecule is CC#C/C=C(\c1ccccc1)[C@@H](O)C(=O)OCC. The number of hydrogen-bond donors (Lipinski definition) is 1. The average molecular weight is 244 g/mol. The van der Waals surface area contributed by atoms with Crippen molar-refractivity contribution in [2.75, 3.05) is 6.61 Å².